The van der Waals surface area contributed by atoms with E-state index in [2.05, 4.69) is 4.98 Å². The van der Waals surface area contributed by atoms with Crippen molar-refractivity contribution < 1.29 is 14.3 Å². The van der Waals surface area contributed by atoms with Gasteiger partial charge in [-0.05, 0) is 43.0 Å². The number of aryl methyl sites for hydroxylation is 1. The van der Waals surface area contributed by atoms with E-state index in [4.69, 9.17) is 4.74 Å². The summed E-state index contributed by atoms with van der Waals surface area (Å²) < 4.78 is 5.29. The summed E-state index contributed by atoms with van der Waals surface area (Å²) in [6, 6.07) is 11.2. The number of carbonyl (C=O) groups excluding carboxylic acids is 2. The summed E-state index contributed by atoms with van der Waals surface area (Å²) in [5, 5.41) is 0. The third-order valence-corrected chi connectivity index (χ3v) is 5.05. The van der Waals surface area contributed by atoms with Crippen LogP contribution in [-0.2, 0) is 4.74 Å². The van der Waals surface area contributed by atoms with Crippen LogP contribution in [0.5, 0.6) is 0 Å². The number of H-pyrrole nitrogens is 1. The van der Waals surface area contributed by atoms with Crippen LogP contribution in [0.25, 0.3) is 11.3 Å². The molecule has 1 aliphatic rings. The molecule has 160 valence electrons. The summed E-state index contributed by atoms with van der Waals surface area (Å²) >= 11 is 0. The first kappa shape index (κ1) is 21.6. The molecule has 2 amide bonds. The fourth-order valence-electron chi connectivity index (χ4n) is 3.43. The van der Waals surface area contributed by atoms with E-state index in [-0.39, 0.29) is 23.5 Å². The Labute approximate surface area is 176 Å². The number of rotatable bonds is 4. The number of hydrogen-bond donors (Lipinski definition) is 1. The summed E-state index contributed by atoms with van der Waals surface area (Å²) in [6.07, 6.45) is 0.292. The SMILES string of the molecule is Cc1cccc(-c2ccc(C(=O)N3CCCN(C(=O)OCC(C)C)CC3)c(=O)[nH]2)c1. The van der Waals surface area contributed by atoms with E-state index in [1.165, 1.54) is 0 Å². The maximum Gasteiger partial charge on any atom is 0.409 e. The molecule has 1 aromatic heterocycles. The highest BCUT2D eigenvalue weighted by Gasteiger charge is 2.25. The summed E-state index contributed by atoms with van der Waals surface area (Å²) in [5.41, 5.74) is 2.37. The van der Waals surface area contributed by atoms with Crippen molar-refractivity contribution in [2.24, 2.45) is 5.92 Å². The molecule has 2 aromatic rings. The van der Waals surface area contributed by atoms with Crippen LogP contribution in [0.3, 0.4) is 0 Å². The molecule has 1 saturated heterocycles. The molecule has 3 rings (SSSR count). The number of aromatic amines is 1. The Balaban J connectivity index is 1.68. The molecule has 7 nitrogen and oxygen atoms in total. The number of nitrogens with one attached hydrogen (secondary N) is 1. The van der Waals surface area contributed by atoms with Gasteiger partial charge in [0.25, 0.3) is 11.5 Å². The van der Waals surface area contributed by atoms with Crippen molar-refractivity contribution in [1.29, 1.82) is 0 Å². The lowest BCUT2D eigenvalue weighted by Gasteiger charge is -2.22. The zero-order valence-corrected chi connectivity index (χ0v) is 17.8. The minimum absolute atomic E-state index is 0.113. The van der Waals surface area contributed by atoms with Crippen molar-refractivity contribution in [2.75, 3.05) is 32.8 Å². The normalized spacial score (nSPS) is 14.5. The predicted molar refractivity (Wildman–Crippen MR) is 116 cm³/mol. The number of aromatic nitrogens is 1. The van der Waals surface area contributed by atoms with Crippen molar-refractivity contribution >= 4 is 12.0 Å². The van der Waals surface area contributed by atoms with Gasteiger partial charge in [-0.25, -0.2) is 4.79 Å². The highest BCUT2D eigenvalue weighted by Crippen LogP contribution is 2.17. The van der Waals surface area contributed by atoms with Crippen LogP contribution in [0, 0.1) is 12.8 Å². The molecule has 1 N–H and O–H groups in total. The van der Waals surface area contributed by atoms with Crippen molar-refractivity contribution in [2.45, 2.75) is 27.2 Å². The van der Waals surface area contributed by atoms with Crippen LogP contribution < -0.4 is 5.56 Å². The smallest absolute Gasteiger partial charge is 0.409 e. The fraction of sp³-hybridized carbons (Fsp3) is 0.435. The van der Waals surface area contributed by atoms with Gasteiger partial charge in [0.15, 0.2) is 0 Å². The molecule has 0 unspecified atom stereocenters. The van der Waals surface area contributed by atoms with Gasteiger partial charge in [-0.1, -0.05) is 37.6 Å². The van der Waals surface area contributed by atoms with Gasteiger partial charge in [-0.3, -0.25) is 9.59 Å². The van der Waals surface area contributed by atoms with Crippen LogP contribution in [0.1, 0.15) is 36.2 Å². The average Bonchev–Trinajstić information content (AvgIpc) is 2.98. The second-order valence-corrected chi connectivity index (χ2v) is 8.09. The van der Waals surface area contributed by atoms with E-state index in [0.29, 0.717) is 44.9 Å². The third kappa shape index (κ3) is 5.28. The standard InChI is InChI=1S/C23H29N3O4/c1-16(2)15-30-23(29)26-11-5-10-25(12-13-26)22(28)19-8-9-20(24-21(19)27)18-7-4-6-17(3)14-18/h4,6-9,14,16H,5,10-13,15H2,1-3H3,(H,24,27). The lowest BCUT2D eigenvalue weighted by Crippen LogP contribution is -2.39. The minimum Gasteiger partial charge on any atom is -0.449 e. The van der Waals surface area contributed by atoms with Crippen molar-refractivity contribution in [3.8, 4) is 11.3 Å². The zero-order chi connectivity index (χ0) is 21.7. The molecule has 0 bridgehead atoms. The van der Waals surface area contributed by atoms with E-state index in [1.807, 2.05) is 45.0 Å². The van der Waals surface area contributed by atoms with Crippen molar-refractivity contribution in [3.05, 3.63) is 57.9 Å². The molecule has 0 atom stereocenters. The molecular formula is C23H29N3O4. The van der Waals surface area contributed by atoms with Gasteiger partial charge in [0, 0.05) is 31.9 Å². The Bertz CT molecular complexity index is 967. The third-order valence-electron chi connectivity index (χ3n) is 5.05. The fourth-order valence-corrected chi connectivity index (χ4v) is 3.43. The van der Waals surface area contributed by atoms with E-state index in [1.54, 1.807) is 21.9 Å². The van der Waals surface area contributed by atoms with Crippen molar-refractivity contribution in [1.82, 2.24) is 14.8 Å². The maximum absolute atomic E-state index is 12.9. The van der Waals surface area contributed by atoms with Crippen LogP contribution in [0.4, 0.5) is 4.79 Å². The number of hydrogen-bond acceptors (Lipinski definition) is 4. The van der Waals surface area contributed by atoms with Crippen LogP contribution >= 0.6 is 0 Å². The Kier molecular flexibility index (Phi) is 6.92. The first-order valence-corrected chi connectivity index (χ1v) is 10.4. The van der Waals surface area contributed by atoms with Crippen LogP contribution in [0.2, 0.25) is 0 Å². The summed E-state index contributed by atoms with van der Waals surface area (Å²) in [5.74, 6) is -0.0436. The Morgan fingerprint density at radius 3 is 2.50 bits per heavy atom. The largest absolute Gasteiger partial charge is 0.449 e. The Morgan fingerprint density at radius 1 is 1.07 bits per heavy atom. The van der Waals surface area contributed by atoms with Crippen molar-refractivity contribution in [3.63, 3.8) is 0 Å². The second kappa shape index (κ2) is 9.61. The number of amides is 2. The van der Waals surface area contributed by atoms with E-state index in [0.717, 1.165) is 11.1 Å². The molecule has 1 fully saturated rings. The summed E-state index contributed by atoms with van der Waals surface area (Å²) in [7, 11) is 0. The molecule has 30 heavy (non-hydrogen) atoms. The molecule has 0 saturated carbocycles. The molecule has 2 heterocycles. The highest BCUT2D eigenvalue weighted by molar-refractivity contribution is 5.94. The molecule has 0 radical (unpaired) electrons. The van der Waals surface area contributed by atoms with Gasteiger partial charge in [0.05, 0.1) is 6.61 Å². The number of ether oxygens (including phenoxy) is 1. The number of benzene rings is 1. The van der Waals surface area contributed by atoms with E-state index >= 15 is 0 Å². The molecule has 1 aliphatic heterocycles. The Hall–Kier alpha value is -3.09. The van der Waals surface area contributed by atoms with Gasteiger partial charge in [0.1, 0.15) is 5.56 Å². The van der Waals surface area contributed by atoms with Crippen LogP contribution in [0.15, 0.2) is 41.2 Å². The minimum atomic E-state index is -0.406. The molecule has 1 aromatic carbocycles. The lowest BCUT2D eigenvalue weighted by molar-refractivity contribution is 0.0745. The summed E-state index contributed by atoms with van der Waals surface area (Å²) in [4.78, 5) is 43.8. The maximum atomic E-state index is 12.9. The van der Waals surface area contributed by atoms with Gasteiger partial charge < -0.3 is 19.5 Å². The molecule has 7 heteroatoms. The van der Waals surface area contributed by atoms with Gasteiger partial charge in [-0.15, -0.1) is 0 Å². The zero-order valence-electron chi connectivity index (χ0n) is 17.8. The molecule has 0 spiro atoms. The highest BCUT2D eigenvalue weighted by atomic mass is 16.6. The van der Waals surface area contributed by atoms with E-state index < -0.39 is 5.56 Å². The monoisotopic (exact) mass is 411 g/mol. The number of carbonyl (C=O) groups is 2. The topological polar surface area (TPSA) is 82.7 Å². The van der Waals surface area contributed by atoms with Gasteiger partial charge in [-0.2, -0.15) is 0 Å². The second-order valence-electron chi connectivity index (χ2n) is 8.09. The Morgan fingerprint density at radius 2 is 1.80 bits per heavy atom. The lowest BCUT2D eigenvalue weighted by atomic mass is 10.1. The molecule has 0 aliphatic carbocycles. The summed E-state index contributed by atoms with van der Waals surface area (Å²) in [6.45, 7) is 8.11. The van der Waals surface area contributed by atoms with E-state index in [9.17, 15) is 14.4 Å². The predicted octanol–water partition coefficient (Wildman–Crippen LogP) is 3.29. The quantitative estimate of drug-likeness (QED) is 0.837. The van der Waals surface area contributed by atoms with Gasteiger partial charge >= 0.3 is 6.09 Å². The first-order valence-electron chi connectivity index (χ1n) is 10.4. The number of nitrogens with zero attached hydrogens (tertiary/aromatic N) is 2. The van der Waals surface area contributed by atoms with Crippen LogP contribution in [-0.4, -0.2) is 59.6 Å². The molecular weight excluding hydrogens is 382 g/mol. The number of pyridine rings is 1. The first-order chi connectivity index (χ1) is 14.3. The average molecular weight is 412 g/mol. The van der Waals surface area contributed by atoms with Gasteiger partial charge in [0.2, 0.25) is 0 Å².